The predicted octanol–water partition coefficient (Wildman–Crippen LogP) is 3.56. The molecule has 1 amide bonds. The number of hydrogen-bond donors (Lipinski definition) is 1. The van der Waals surface area contributed by atoms with Gasteiger partial charge in [0.2, 0.25) is 0 Å². The van der Waals surface area contributed by atoms with Crippen LogP contribution >= 0.6 is 0 Å². The summed E-state index contributed by atoms with van der Waals surface area (Å²) in [7, 11) is 0. The minimum atomic E-state index is -0.121. The molecule has 1 N–H and O–H groups in total. The minimum absolute atomic E-state index is 0.0270. The molecule has 0 unspecified atom stereocenters. The Kier molecular flexibility index (Phi) is 4.99. The monoisotopic (exact) mass is 283 g/mol. The van der Waals surface area contributed by atoms with Crippen LogP contribution in [0.2, 0.25) is 0 Å². The van der Waals surface area contributed by atoms with Crippen LogP contribution in [0.15, 0.2) is 48.5 Å². The van der Waals surface area contributed by atoms with Gasteiger partial charge in [0.25, 0.3) is 5.91 Å². The normalized spacial score (nSPS) is 11.8. The number of hydrogen-bond acceptors (Lipinski definition) is 2. The molecule has 0 aliphatic carbocycles. The zero-order valence-electron chi connectivity index (χ0n) is 12.7. The van der Waals surface area contributed by atoms with Crippen LogP contribution in [0, 0.1) is 13.8 Å². The molecule has 0 bridgehead atoms. The van der Waals surface area contributed by atoms with Gasteiger partial charge < -0.3 is 10.1 Å². The molecule has 2 aromatic carbocycles. The van der Waals surface area contributed by atoms with Gasteiger partial charge in [-0.05, 0) is 49.6 Å². The van der Waals surface area contributed by atoms with E-state index in [-0.39, 0.29) is 18.6 Å². The number of amides is 1. The first-order valence-electron chi connectivity index (χ1n) is 7.10. The maximum Gasteiger partial charge on any atom is 0.258 e. The molecule has 2 rings (SSSR count). The van der Waals surface area contributed by atoms with Crippen molar-refractivity contribution in [1.82, 2.24) is 5.32 Å². The van der Waals surface area contributed by atoms with Gasteiger partial charge in [-0.3, -0.25) is 4.79 Å². The van der Waals surface area contributed by atoms with Crippen molar-refractivity contribution in [2.75, 3.05) is 6.61 Å². The first-order chi connectivity index (χ1) is 10.1. The second-order valence-corrected chi connectivity index (χ2v) is 5.23. The van der Waals surface area contributed by atoms with Gasteiger partial charge in [0.1, 0.15) is 5.75 Å². The average molecular weight is 283 g/mol. The summed E-state index contributed by atoms with van der Waals surface area (Å²) in [6.45, 7) is 6.16. The van der Waals surface area contributed by atoms with Crippen molar-refractivity contribution in [3.8, 4) is 5.75 Å². The van der Waals surface area contributed by atoms with E-state index in [0.29, 0.717) is 5.75 Å². The van der Waals surface area contributed by atoms with Crippen LogP contribution in [0.5, 0.6) is 5.75 Å². The van der Waals surface area contributed by atoms with Gasteiger partial charge in [0.05, 0.1) is 6.04 Å². The second-order valence-electron chi connectivity index (χ2n) is 5.23. The predicted molar refractivity (Wildman–Crippen MR) is 84.4 cm³/mol. The molecule has 0 saturated heterocycles. The Bertz CT molecular complexity index is 608. The third-order valence-electron chi connectivity index (χ3n) is 3.52. The lowest BCUT2D eigenvalue weighted by molar-refractivity contribution is -0.123. The third-order valence-corrected chi connectivity index (χ3v) is 3.52. The highest BCUT2D eigenvalue weighted by Gasteiger charge is 2.10. The maximum absolute atomic E-state index is 11.9. The Balaban J connectivity index is 1.88. The molecule has 0 aliphatic heterocycles. The van der Waals surface area contributed by atoms with Crippen molar-refractivity contribution in [3.05, 3.63) is 65.2 Å². The molecule has 0 heterocycles. The van der Waals surface area contributed by atoms with Gasteiger partial charge in [-0.25, -0.2) is 0 Å². The van der Waals surface area contributed by atoms with E-state index in [2.05, 4.69) is 31.3 Å². The van der Waals surface area contributed by atoms with Crippen LogP contribution in [0.4, 0.5) is 0 Å². The number of nitrogens with one attached hydrogen (secondary N) is 1. The van der Waals surface area contributed by atoms with Crippen LogP contribution in [0.3, 0.4) is 0 Å². The number of ether oxygens (including phenoxy) is 1. The Morgan fingerprint density at radius 1 is 1.10 bits per heavy atom. The van der Waals surface area contributed by atoms with Crippen LogP contribution in [0.1, 0.15) is 29.7 Å². The zero-order valence-corrected chi connectivity index (χ0v) is 12.7. The van der Waals surface area contributed by atoms with Crippen LogP contribution in [-0.2, 0) is 4.79 Å². The van der Waals surface area contributed by atoms with E-state index in [1.165, 1.54) is 11.1 Å². The Morgan fingerprint density at radius 3 is 2.48 bits per heavy atom. The molecule has 1 atom stereocenters. The van der Waals surface area contributed by atoms with Crippen molar-refractivity contribution in [1.29, 1.82) is 0 Å². The van der Waals surface area contributed by atoms with Crippen molar-refractivity contribution in [2.45, 2.75) is 26.8 Å². The van der Waals surface area contributed by atoms with Crippen molar-refractivity contribution >= 4 is 5.91 Å². The van der Waals surface area contributed by atoms with E-state index in [9.17, 15) is 4.79 Å². The number of carbonyl (C=O) groups is 1. The van der Waals surface area contributed by atoms with E-state index in [0.717, 1.165) is 5.56 Å². The first-order valence-corrected chi connectivity index (χ1v) is 7.10. The molecule has 3 heteroatoms. The topological polar surface area (TPSA) is 38.3 Å². The lowest BCUT2D eigenvalue weighted by atomic mass is 10.0. The van der Waals surface area contributed by atoms with Gasteiger partial charge in [-0.1, -0.05) is 36.4 Å². The van der Waals surface area contributed by atoms with E-state index < -0.39 is 0 Å². The fraction of sp³-hybridized carbons (Fsp3) is 0.278. The summed E-state index contributed by atoms with van der Waals surface area (Å²) in [5.41, 5.74) is 3.59. The fourth-order valence-electron chi connectivity index (χ4n) is 2.07. The quantitative estimate of drug-likeness (QED) is 0.911. The molecule has 2 aromatic rings. The van der Waals surface area contributed by atoms with E-state index >= 15 is 0 Å². The molecule has 0 spiro atoms. The first kappa shape index (κ1) is 15.1. The fourth-order valence-corrected chi connectivity index (χ4v) is 2.07. The van der Waals surface area contributed by atoms with Crippen LogP contribution in [0.25, 0.3) is 0 Å². The summed E-state index contributed by atoms with van der Waals surface area (Å²) in [4.78, 5) is 11.9. The highest BCUT2D eigenvalue weighted by Crippen LogP contribution is 2.16. The molecule has 0 radical (unpaired) electrons. The van der Waals surface area contributed by atoms with Gasteiger partial charge in [0.15, 0.2) is 6.61 Å². The summed E-state index contributed by atoms with van der Waals surface area (Å²) in [5.74, 6) is 0.580. The number of rotatable bonds is 5. The number of para-hydroxylation sites is 1. The molecular formula is C18H21NO2. The summed E-state index contributed by atoms with van der Waals surface area (Å²) < 4.78 is 5.44. The van der Waals surface area contributed by atoms with Gasteiger partial charge in [-0.2, -0.15) is 0 Å². The summed E-state index contributed by atoms with van der Waals surface area (Å²) in [6, 6.07) is 15.5. The van der Waals surface area contributed by atoms with Gasteiger partial charge in [0, 0.05) is 0 Å². The van der Waals surface area contributed by atoms with Gasteiger partial charge in [-0.15, -0.1) is 0 Å². The van der Waals surface area contributed by atoms with E-state index in [1.54, 1.807) is 0 Å². The van der Waals surface area contributed by atoms with Crippen molar-refractivity contribution in [3.63, 3.8) is 0 Å². The molecule has 21 heavy (non-hydrogen) atoms. The summed E-state index contributed by atoms with van der Waals surface area (Å²) in [6.07, 6.45) is 0. The Labute approximate surface area is 126 Å². The average Bonchev–Trinajstić information content (AvgIpc) is 2.49. The van der Waals surface area contributed by atoms with Crippen molar-refractivity contribution in [2.24, 2.45) is 0 Å². The molecule has 0 fully saturated rings. The molecule has 0 aliphatic rings. The minimum Gasteiger partial charge on any atom is -0.484 e. The third kappa shape index (κ3) is 4.35. The lowest BCUT2D eigenvalue weighted by Gasteiger charge is -2.16. The molecule has 3 nitrogen and oxygen atoms in total. The Morgan fingerprint density at radius 2 is 1.81 bits per heavy atom. The molecule has 110 valence electrons. The number of aryl methyl sites for hydroxylation is 2. The van der Waals surface area contributed by atoms with Crippen LogP contribution < -0.4 is 10.1 Å². The van der Waals surface area contributed by atoms with E-state index in [1.807, 2.05) is 43.3 Å². The summed E-state index contributed by atoms with van der Waals surface area (Å²) in [5, 5.41) is 2.95. The second kappa shape index (κ2) is 6.93. The SMILES string of the molecule is Cc1ccc([C@@H](C)NC(=O)COc2ccccc2)cc1C. The maximum atomic E-state index is 11.9. The standard InChI is InChI=1S/C18H21NO2/c1-13-9-10-16(11-14(13)2)15(3)19-18(20)12-21-17-7-5-4-6-8-17/h4-11,15H,12H2,1-3H3,(H,19,20)/t15-/m1/s1. The molecule has 0 aromatic heterocycles. The largest absolute Gasteiger partial charge is 0.484 e. The highest BCUT2D eigenvalue weighted by molar-refractivity contribution is 5.78. The Hall–Kier alpha value is -2.29. The molecule has 0 saturated carbocycles. The molecular weight excluding hydrogens is 262 g/mol. The van der Waals surface area contributed by atoms with Crippen molar-refractivity contribution < 1.29 is 9.53 Å². The van der Waals surface area contributed by atoms with Gasteiger partial charge >= 0.3 is 0 Å². The number of carbonyl (C=O) groups excluding carboxylic acids is 1. The van der Waals surface area contributed by atoms with E-state index in [4.69, 9.17) is 4.74 Å². The number of benzene rings is 2. The lowest BCUT2D eigenvalue weighted by Crippen LogP contribution is -2.31. The summed E-state index contributed by atoms with van der Waals surface area (Å²) >= 11 is 0. The highest BCUT2D eigenvalue weighted by atomic mass is 16.5. The van der Waals surface area contributed by atoms with Crippen LogP contribution in [-0.4, -0.2) is 12.5 Å². The smallest absolute Gasteiger partial charge is 0.258 e. The zero-order chi connectivity index (χ0) is 15.2.